The highest BCUT2D eigenvalue weighted by atomic mass is 127. The summed E-state index contributed by atoms with van der Waals surface area (Å²) in [6, 6.07) is 0. The molecule has 0 aliphatic heterocycles. The molecule has 0 unspecified atom stereocenters. The van der Waals surface area contributed by atoms with Crippen molar-refractivity contribution < 1.29 is 4.52 Å². The van der Waals surface area contributed by atoms with Gasteiger partial charge in [-0.2, -0.15) is 0 Å². The van der Waals surface area contributed by atoms with Gasteiger partial charge in [0, 0.05) is 11.0 Å². The fourth-order valence-corrected chi connectivity index (χ4v) is 1.26. The van der Waals surface area contributed by atoms with Crippen LogP contribution in [0.5, 0.6) is 0 Å². The van der Waals surface area contributed by atoms with E-state index in [9.17, 15) is 4.79 Å². The molecule has 4 nitrogen and oxygen atoms in total. The summed E-state index contributed by atoms with van der Waals surface area (Å²) in [5, 5.41) is 3.56. The highest BCUT2D eigenvalue weighted by Gasteiger charge is 2.02. The summed E-state index contributed by atoms with van der Waals surface area (Å²) in [7, 11) is 0. The number of rotatable bonds is 4. The lowest BCUT2D eigenvalue weighted by Gasteiger charge is -1.93. The summed E-state index contributed by atoms with van der Waals surface area (Å²) in [6.07, 6.45) is 5.02. The molecule has 1 rings (SSSR count). The van der Waals surface area contributed by atoms with Gasteiger partial charge in [0.25, 0.3) is 0 Å². The minimum atomic E-state index is -0.392. The van der Waals surface area contributed by atoms with Crippen LogP contribution in [0.1, 0.15) is 12.2 Å². The number of allylic oxidation sites excluding steroid dienone is 2. The topological polar surface area (TPSA) is 48.0 Å². The average molecular weight is 294 g/mol. The van der Waals surface area contributed by atoms with Crippen LogP contribution in [0.3, 0.4) is 0 Å². The fourth-order valence-electron chi connectivity index (χ4n) is 0.903. The first-order valence-electron chi connectivity index (χ1n) is 3.99. The quantitative estimate of drug-likeness (QED) is 0.480. The molecule has 1 heterocycles. The predicted octanol–water partition coefficient (Wildman–Crippen LogP) is 1.53. The third kappa shape index (κ3) is 2.98. The second-order valence-corrected chi connectivity index (χ2v) is 3.63. The van der Waals surface area contributed by atoms with Crippen molar-refractivity contribution in [2.24, 2.45) is 0 Å². The first kappa shape index (κ1) is 10.5. The van der Waals surface area contributed by atoms with E-state index in [0.717, 1.165) is 10.8 Å². The third-order valence-electron chi connectivity index (χ3n) is 1.60. The summed E-state index contributed by atoms with van der Waals surface area (Å²) in [6.45, 7) is 2.29. The molecule has 0 aromatic carbocycles. The van der Waals surface area contributed by atoms with Gasteiger partial charge in [-0.25, -0.2) is 4.79 Å². The summed E-state index contributed by atoms with van der Waals surface area (Å²) in [5.74, 6) is 0.223. The van der Waals surface area contributed by atoms with E-state index in [1.165, 1.54) is 4.57 Å². The van der Waals surface area contributed by atoms with Crippen LogP contribution < -0.4 is 5.76 Å². The second kappa shape index (κ2) is 5.21. The lowest BCUT2D eigenvalue weighted by molar-refractivity contribution is 0.376. The van der Waals surface area contributed by atoms with E-state index in [0.29, 0.717) is 12.4 Å². The largest absolute Gasteiger partial charge is 0.441 e. The van der Waals surface area contributed by atoms with E-state index >= 15 is 0 Å². The lowest BCUT2D eigenvalue weighted by atomic mass is 10.4. The molecule has 0 saturated heterocycles. The van der Waals surface area contributed by atoms with E-state index in [-0.39, 0.29) is 0 Å². The van der Waals surface area contributed by atoms with Crippen LogP contribution in [0.15, 0.2) is 21.5 Å². The zero-order valence-corrected chi connectivity index (χ0v) is 9.52. The monoisotopic (exact) mass is 294 g/mol. The van der Waals surface area contributed by atoms with Gasteiger partial charge in [-0.05, 0) is 13.3 Å². The maximum absolute atomic E-state index is 11.0. The summed E-state index contributed by atoms with van der Waals surface area (Å²) >= 11 is 2.30. The minimum Gasteiger partial charge on any atom is -0.296 e. The van der Waals surface area contributed by atoms with Crippen LogP contribution in [-0.4, -0.2) is 14.2 Å². The SMILES string of the molecule is Cc1noc(=O)n1C/C=C/CCI. The van der Waals surface area contributed by atoms with Crippen molar-refractivity contribution in [2.45, 2.75) is 19.9 Å². The van der Waals surface area contributed by atoms with Crippen molar-refractivity contribution in [3.05, 3.63) is 28.5 Å². The van der Waals surface area contributed by atoms with E-state index in [2.05, 4.69) is 32.3 Å². The molecule has 13 heavy (non-hydrogen) atoms. The standard InChI is InChI=1S/C8H11IN2O2/c1-7-10-13-8(12)11(7)6-4-2-3-5-9/h2,4H,3,5-6H2,1H3/b4-2+. The molecule has 0 aliphatic rings. The lowest BCUT2D eigenvalue weighted by Crippen LogP contribution is -2.14. The fraction of sp³-hybridized carbons (Fsp3) is 0.500. The third-order valence-corrected chi connectivity index (χ3v) is 2.22. The number of hydrogen-bond acceptors (Lipinski definition) is 3. The number of halogens is 1. The Hall–Kier alpha value is -0.590. The van der Waals surface area contributed by atoms with Crippen LogP contribution in [0, 0.1) is 6.92 Å². The van der Waals surface area contributed by atoms with Gasteiger partial charge in [-0.1, -0.05) is 39.9 Å². The minimum absolute atomic E-state index is 0.392. The summed E-state index contributed by atoms with van der Waals surface area (Å²) in [5.41, 5.74) is 0. The Balaban J connectivity index is 2.59. The first-order chi connectivity index (χ1) is 6.25. The normalized spacial score (nSPS) is 11.2. The number of aryl methyl sites for hydroxylation is 1. The molecule has 0 N–H and O–H groups in total. The number of aromatic nitrogens is 2. The molecular formula is C8H11IN2O2. The van der Waals surface area contributed by atoms with Crippen LogP contribution in [0.4, 0.5) is 0 Å². The van der Waals surface area contributed by atoms with Crippen molar-refractivity contribution in [3.8, 4) is 0 Å². The maximum Gasteiger partial charge on any atom is 0.441 e. The summed E-state index contributed by atoms with van der Waals surface area (Å²) in [4.78, 5) is 11.0. The van der Waals surface area contributed by atoms with Crippen molar-refractivity contribution >= 4 is 22.6 Å². The van der Waals surface area contributed by atoms with Gasteiger partial charge in [-0.15, -0.1) is 0 Å². The molecule has 5 heteroatoms. The molecule has 72 valence electrons. The van der Waals surface area contributed by atoms with Gasteiger partial charge in [0.2, 0.25) is 0 Å². The van der Waals surface area contributed by atoms with Gasteiger partial charge in [0.05, 0.1) is 0 Å². The molecular weight excluding hydrogens is 283 g/mol. The molecule has 0 saturated carbocycles. The van der Waals surface area contributed by atoms with Gasteiger partial charge < -0.3 is 0 Å². The van der Waals surface area contributed by atoms with E-state index in [4.69, 9.17) is 0 Å². The van der Waals surface area contributed by atoms with Gasteiger partial charge in [0.15, 0.2) is 5.82 Å². The molecule has 0 atom stereocenters. The van der Waals surface area contributed by atoms with Crippen LogP contribution in [0.2, 0.25) is 0 Å². The van der Waals surface area contributed by atoms with Gasteiger partial charge in [-0.3, -0.25) is 9.09 Å². The zero-order chi connectivity index (χ0) is 9.68. The molecule has 0 spiro atoms. The Morgan fingerprint density at radius 2 is 2.38 bits per heavy atom. The number of hydrogen-bond donors (Lipinski definition) is 0. The Bertz CT molecular complexity index is 340. The van der Waals surface area contributed by atoms with Gasteiger partial charge in [0.1, 0.15) is 0 Å². The molecule has 0 amide bonds. The molecule has 0 aliphatic carbocycles. The first-order valence-corrected chi connectivity index (χ1v) is 5.52. The second-order valence-electron chi connectivity index (χ2n) is 2.56. The van der Waals surface area contributed by atoms with Crippen LogP contribution >= 0.6 is 22.6 Å². The van der Waals surface area contributed by atoms with Crippen molar-refractivity contribution in [2.75, 3.05) is 4.43 Å². The molecule has 1 aromatic rings. The van der Waals surface area contributed by atoms with Crippen molar-refractivity contribution in [1.29, 1.82) is 0 Å². The Labute approximate surface area is 89.7 Å². The Kier molecular flexibility index (Phi) is 4.20. The summed E-state index contributed by atoms with van der Waals surface area (Å²) < 4.78 is 7.05. The smallest absolute Gasteiger partial charge is 0.296 e. The van der Waals surface area contributed by atoms with Crippen molar-refractivity contribution in [3.63, 3.8) is 0 Å². The number of alkyl halides is 1. The molecule has 0 bridgehead atoms. The maximum atomic E-state index is 11.0. The Morgan fingerprint density at radius 1 is 1.62 bits per heavy atom. The molecule has 0 fully saturated rings. The van der Waals surface area contributed by atoms with E-state index in [1.54, 1.807) is 6.92 Å². The van der Waals surface area contributed by atoms with Gasteiger partial charge >= 0.3 is 5.76 Å². The van der Waals surface area contributed by atoms with Crippen LogP contribution in [0.25, 0.3) is 0 Å². The molecule has 0 radical (unpaired) electrons. The average Bonchev–Trinajstić information content (AvgIpc) is 2.42. The molecule has 1 aromatic heterocycles. The van der Waals surface area contributed by atoms with Crippen molar-refractivity contribution in [1.82, 2.24) is 9.72 Å². The predicted molar refractivity (Wildman–Crippen MR) is 58.1 cm³/mol. The highest BCUT2D eigenvalue weighted by molar-refractivity contribution is 14.1. The zero-order valence-electron chi connectivity index (χ0n) is 7.36. The van der Waals surface area contributed by atoms with E-state index in [1.807, 2.05) is 12.2 Å². The Morgan fingerprint density at radius 3 is 2.92 bits per heavy atom. The number of nitrogens with zero attached hydrogens (tertiary/aromatic N) is 2. The van der Waals surface area contributed by atoms with Crippen LogP contribution in [-0.2, 0) is 6.54 Å². The van der Waals surface area contributed by atoms with E-state index < -0.39 is 5.76 Å². The highest BCUT2D eigenvalue weighted by Crippen LogP contribution is 1.93.